The van der Waals surface area contributed by atoms with E-state index in [4.69, 9.17) is 0 Å². The van der Waals surface area contributed by atoms with Crippen LogP contribution in [0.4, 0.5) is 0 Å². The van der Waals surface area contributed by atoms with Crippen molar-refractivity contribution < 1.29 is 9.90 Å². The van der Waals surface area contributed by atoms with Crippen molar-refractivity contribution in [2.45, 2.75) is 52.0 Å². The third-order valence-corrected chi connectivity index (χ3v) is 5.24. The van der Waals surface area contributed by atoms with Crippen molar-refractivity contribution in [1.29, 1.82) is 0 Å². The maximum Gasteiger partial charge on any atom is 0.242 e. The Morgan fingerprint density at radius 1 is 1.11 bits per heavy atom. The van der Waals surface area contributed by atoms with Gasteiger partial charge in [0.25, 0.3) is 0 Å². The number of guanidine groups is 1. The van der Waals surface area contributed by atoms with E-state index in [1.165, 1.54) is 19.3 Å². The molecule has 0 aromatic heterocycles. The number of amides is 1. The molecule has 0 heterocycles. The van der Waals surface area contributed by atoms with Crippen LogP contribution in [0.15, 0.2) is 35.3 Å². The van der Waals surface area contributed by atoms with Gasteiger partial charge in [-0.25, -0.2) is 4.99 Å². The molecule has 4 N–H and O–H groups in total. The summed E-state index contributed by atoms with van der Waals surface area (Å²) in [7, 11) is 0. The molecule has 0 aliphatic heterocycles. The number of hydrogen-bond donors (Lipinski definition) is 4. The fraction of sp³-hybridized carbons (Fsp3) is 0.619. The van der Waals surface area contributed by atoms with E-state index in [0.717, 1.165) is 37.9 Å². The first-order chi connectivity index (χ1) is 13.2. The van der Waals surface area contributed by atoms with Gasteiger partial charge in [0.05, 0.1) is 0 Å². The van der Waals surface area contributed by atoms with E-state index in [2.05, 4.69) is 20.9 Å². The Labute approximate surface area is 162 Å². The summed E-state index contributed by atoms with van der Waals surface area (Å²) < 4.78 is 0. The number of rotatable bonds is 9. The first kappa shape index (κ1) is 21.2. The lowest BCUT2D eigenvalue weighted by Gasteiger charge is -2.37. The third kappa shape index (κ3) is 7.59. The van der Waals surface area contributed by atoms with Gasteiger partial charge >= 0.3 is 0 Å². The van der Waals surface area contributed by atoms with Crippen LogP contribution in [0.3, 0.4) is 0 Å². The number of aliphatic hydroxyl groups is 1. The van der Waals surface area contributed by atoms with E-state index in [0.29, 0.717) is 12.5 Å². The van der Waals surface area contributed by atoms with Gasteiger partial charge in [0.15, 0.2) is 5.96 Å². The van der Waals surface area contributed by atoms with E-state index in [1.54, 1.807) is 0 Å². The molecule has 1 aromatic carbocycles. The minimum atomic E-state index is -0.0983. The third-order valence-electron chi connectivity index (χ3n) is 5.24. The Morgan fingerprint density at radius 2 is 1.85 bits per heavy atom. The Morgan fingerprint density at radius 3 is 2.52 bits per heavy atom. The van der Waals surface area contributed by atoms with Crippen LogP contribution in [0.5, 0.6) is 0 Å². The molecule has 2 rings (SSSR count). The lowest BCUT2D eigenvalue weighted by Crippen LogP contribution is -2.45. The second-order valence-corrected chi connectivity index (χ2v) is 7.35. The van der Waals surface area contributed by atoms with Crippen LogP contribution in [-0.2, 0) is 11.3 Å². The predicted molar refractivity (Wildman–Crippen MR) is 109 cm³/mol. The number of benzene rings is 1. The topological polar surface area (TPSA) is 85.8 Å². The van der Waals surface area contributed by atoms with Gasteiger partial charge in [-0.2, -0.15) is 0 Å². The summed E-state index contributed by atoms with van der Waals surface area (Å²) >= 11 is 0. The molecule has 6 heteroatoms. The van der Waals surface area contributed by atoms with E-state index in [1.807, 2.05) is 37.3 Å². The van der Waals surface area contributed by atoms with Crippen molar-refractivity contribution in [3.63, 3.8) is 0 Å². The smallest absolute Gasteiger partial charge is 0.242 e. The SMILES string of the molecule is CCNC(=NCC(=O)NCc1ccccc1)NCC1(CCO)CCCCC1. The maximum absolute atomic E-state index is 12.1. The molecule has 1 amide bonds. The predicted octanol–water partition coefficient (Wildman–Crippen LogP) is 2.19. The quantitative estimate of drug-likeness (QED) is 0.394. The van der Waals surface area contributed by atoms with E-state index < -0.39 is 0 Å². The van der Waals surface area contributed by atoms with Gasteiger partial charge in [-0.1, -0.05) is 49.6 Å². The van der Waals surface area contributed by atoms with Gasteiger partial charge < -0.3 is 21.1 Å². The van der Waals surface area contributed by atoms with Crippen LogP contribution in [0.1, 0.15) is 51.0 Å². The molecule has 0 radical (unpaired) electrons. The second kappa shape index (κ2) is 11.6. The van der Waals surface area contributed by atoms with E-state index >= 15 is 0 Å². The first-order valence-corrected chi connectivity index (χ1v) is 10.1. The Bertz CT molecular complexity index is 578. The molecule has 0 unspecified atom stereocenters. The summed E-state index contributed by atoms with van der Waals surface area (Å²) in [6.45, 7) is 4.36. The minimum absolute atomic E-state index is 0.0924. The van der Waals surface area contributed by atoms with Crippen molar-refractivity contribution in [1.82, 2.24) is 16.0 Å². The fourth-order valence-corrected chi connectivity index (χ4v) is 3.67. The van der Waals surface area contributed by atoms with Crippen LogP contribution >= 0.6 is 0 Å². The van der Waals surface area contributed by atoms with Gasteiger partial charge in [-0.3, -0.25) is 4.79 Å². The number of carbonyl (C=O) groups is 1. The van der Waals surface area contributed by atoms with Crippen LogP contribution in [-0.4, -0.2) is 43.2 Å². The molecule has 0 spiro atoms. The molecule has 1 fully saturated rings. The van der Waals surface area contributed by atoms with Crippen LogP contribution in [0.25, 0.3) is 0 Å². The number of nitrogens with zero attached hydrogens (tertiary/aromatic N) is 1. The average molecular weight is 375 g/mol. The number of nitrogens with one attached hydrogen (secondary N) is 3. The molecule has 27 heavy (non-hydrogen) atoms. The lowest BCUT2D eigenvalue weighted by molar-refractivity contribution is -0.119. The molecule has 1 aromatic rings. The molecular weight excluding hydrogens is 340 g/mol. The highest BCUT2D eigenvalue weighted by atomic mass is 16.3. The van der Waals surface area contributed by atoms with Crippen molar-refractivity contribution in [3.8, 4) is 0 Å². The van der Waals surface area contributed by atoms with Gasteiger partial charge in [-0.05, 0) is 37.2 Å². The van der Waals surface area contributed by atoms with Crippen molar-refractivity contribution >= 4 is 11.9 Å². The zero-order chi connectivity index (χ0) is 19.4. The summed E-state index contributed by atoms with van der Waals surface area (Å²) in [4.78, 5) is 16.5. The summed E-state index contributed by atoms with van der Waals surface area (Å²) in [5.74, 6) is 0.564. The first-order valence-electron chi connectivity index (χ1n) is 10.1. The molecule has 0 saturated heterocycles. The van der Waals surface area contributed by atoms with Crippen molar-refractivity contribution in [3.05, 3.63) is 35.9 Å². The standard InChI is InChI=1S/C21H34N4O2/c1-2-22-20(25-17-21(13-14-26)11-7-4-8-12-21)24-16-19(27)23-15-18-9-5-3-6-10-18/h3,5-6,9-10,26H,2,4,7-8,11-17H2,1H3,(H,23,27)(H2,22,24,25). The van der Waals surface area contributed by atoms with Gasteiger partial charge in [0.1, 0.15) is 6.54 Å². The van der Waals surface area contributed by atoms with Gasteiger partial charge in [0, 0.05) is 26.2 Å². The molecule has 0 atom stereocenters. The number of hydrogen-bond acceptors (Lipinski definition) is 3. The summed E-state index contributed by atoms with van der Waals surface area (Å²) in [5, 5.41) is 19.0. The average Bonchev–Trinajstić information content (AvgIpc) is 2.70. The largest absolute Gasteiger partial charge is 0.396 e. The highest BCUT2D eigenvalue weighted by Crippen LogP contribution is 2.38. The zero-order valence-electron chi connectivity index (χ0n) is 16.5. The molecule has 150 valence electrons. The Kier molecular flexibility index (Phi) is 9.11. The molecule has 1 aliphatic carbocycles. The summed E-state index contributed by atoms with van der Waals surface area (Å²) in [6, 6.07) is 9.85. The fourth-order valence-electron chi connectivity index (χ4n) is 3.67. The maximum atomic E-state index is 12.1. The van der Waals surface area contributed by atoms with E-state index in [-0.39, 0.29) is 24.5 Å². The molecular formula is C21H34N4O2. The number of aliphatic imine (C=N–C) groups is 1. The normalized spacial score (nSPS) is 16.6. The van der Waals surface area contributed by atoms with E-state index in [9.17, 15) is 9.90 Å². The highest BCUT2D eigenvalue weighted by molar-refractivity contribution is 5.84. The lowest BCUT2D eigenvalue weighted by atomic mass is 9.72. The van der Waals surface area contributed by atoms with Gasteiger partial charge in [0.2, 0.25) is 5.91 Å². The minimum Gasteiger partial charge on any atom is -0.396 e. The molecule has 6 nitrogen and oxygen atoms in total. The number of carbonyl (C=O) groups excluding carboxylic acids is 1. The Hall–Kier alpha value is -2.08. The van der Waals surface area contributed by atoms with Crippen molar-refractivity contribution in [2.75, 3.05) is 26.2 Å². The Balaban J connectivity index is 1.84. The van der Waals surface area contributed by atoms with Crippen LogP contribution in [0, 0.1) is 5.41 Å². The van der Waals surface area contributed by atoms with Crippen LogP contribution < -0.4 is 16.0 Å². The zero-order valence-corrected chi connectivity index (χ0v) is 16.5. The monoisotopic (exact) mass is 374 g/mol. The molecule has 1 aliphatic rings. The second-order valence-electron chi connectivity index (χ2n) is 7.35. The molecule has 0 bridgehead atoms. The van der Waals surface area contributed by atoms with Crippen LogP contribution in [0.2, 0.25) is 0 Å². The molecule has 1 saturated carbocycles. The highest BCUT2D eigenvalue weighted by Gasteiger charge is 2.31. The summed E-state index contributed by atoms with van der Waals surface area (Å²) in [5.41, 5.74) is 1.21. The van der Waals surface area contributed by atoms with Gasteiger partial charge in [-0.15, -0.1) is 0 Å². The number of aliphatic hydroxyl groups excluding tert-OH is 1. The summed E-state index contributed by atoms with van der Waals surface area (Å²) in [6.07, 6.45) is 6.81. The van der Waals surface area contributed by atoms with Crippen molar-refractivity contribution in [2.24, 2.45) is 10.4 Å².